The van der Waals surface area contributed by atoms with Gasteiger partial charge in [0.2, 0.25) is 0 Å². The van der Waals surface area contributed by atoms with E-state index in [9.17, 15) is 9.59 Å². The molecule has 0 radical (unpaired) electrons. The molecule has 0 fully saturated rings. The average Bonchev–Trinajstić information content (AvgIpc) is 2.51. The van der Waals surface area contributed by atoms with E-state index in [-0.39, 0.29) is 11.6 Å². The van der Waals surface area contributed by atoms with E-state index in [1.165, 1.54) is 0 Å². The third kappa shape index (κ3) is 7.21. The van der Waals surface area contributed by atoms with Crippen LogP contribution in [0.15, 0.2) is 54.6 Å². The fourth-order valence-electron chi connectivity index (χ4n) is 1.64. The molecule has 2 rings (SSSR count). The topological polar surface area (TPSA) is 34.1 Å². The van der Waals surface area contributed by atoms with Crippen molar-refractivity contribution in [3.8, 4) is 0 Å². The summed E-state index contributed by atoms with van der Waals surface area (Å²) < 4.78 is 0. The van der Waals surface area contributed by atoms with Gasteiger partial charge in [-0.2, -0.15) is 0 Å². The van der Waals surface area contributed by atoms with Crippen LogP contribution in [0.1, 0.15) is 54.0 Å². The molecule has 0 bridgehead atoms. The summed E-state index contributed by atoms with van der Waals surface area (Å²) in [4.78, 5) is 21.5. The van der Waals surface area contributed by atoms with Gasteiger partial charge in [-0.25, -0.2) is 0 Å². The van der Waals surface area contributed by atoms with Gasteiger partial charge in [-0.3, -0.25) is 9.59 Å². The van der Waals surface area contributed by atoms with Crippen LogP contribution in [0.25, 0.3) is 0 Å². The highest BCUT2D eigenvalue weighted by molar-refractivity contribution is 5.95. The van der Waals surface area contributed by atoms with Crippen molar-refractivity contribution < 1.29 is 9.59 Å². The molecule has 0 aliphatic carbocycles. The molecular formula is C19H24O2. The fraction of sp³-hybridized carbons (Fsp3) is 0.263. The zero-order chi connectivity index (χ0) is 16.3. The molecular weight excluding hydrogens is 260 g/mol. The lowest BCUT2D eigenvalue weighted by Gasteiger charge is -1.97. The van der Waals surface area contributed by atoms with Gasteiger partial charge in [0.15, 0.2) is 11.6 Å². The smallest absolute Gasteiger partial charge is 0.160 e. The summed E-state index contributed by atoms with van der Waals surface area (Å²) in [5.41, 5.74) is 2.65. The van der Waals surface area contributed by atoms with E-state index >= 15 is 0 Å². The van der Waals surface area contributed by atoms with Gasteiger partial charge in [0, 0.05) is 11.1 Å². The number of hydrogen-bond donors (Lipinski definition) is 0. The Balaban J connectivity index is 0.000000342. The third-order valence-corrected chi connectivity index (χ3v) is 2.70. The lowest BCUT2D eigenvalue weighted by atomic mass is 10.1. The minimum Gasteiger partial charge on any atom is -0.295 e. The summed E-state index contributed by atoms with van der Waals surface area (Å²) in [6.07, 6.45) is 0. The van der Waals surface area contributed by atoms with Crippen LogP contribution >= 0.6 is 0 Å². The Kier molecular flexibility index (Phi) is 9.44. The Morgan fingerprint density at radius 1 is 0.714 bits per heavy atom. The first kappa shape index (κ1) is 18.8. The molecule has 0 heterocycles. The van der Waals surface area contributed by atoms with Crippen molar-refractivity contribution >= 4 is 11.6 Å². The number of rotatable bonds is 2. The molecule has 2 nitrogen and oxygen atoms in total. The van der Waals surface area contributed by atoms with Gasteiger partial charge in [-0.05, 0) is 26.3 Å². The van der Waals surface area contributed by atoms with Crippen molar-refractivity contribution in [1.82, 2.24) is 0 Å². The van der Waals surface area contributed by atoms with Crippen molar-refractivity contribution in [2.75, 3.05) is 0 Å². The molecule has 0 aliphatic heterocycles. The SMILES string of the molecule is CC.CC(=O)c1ccccc1.CC(=O)c1ccccc1C. The van der Waals surface area contributed by atoms with Gasteiger partial charge in [0.1, 0.15) is 0 Å². The van der Waals surface area contributed by atoms with E-state index in [0.717, 1.165) is 16.7 Å². The summed E-state index contributed by atoms with van der Waals surface area (Å²) in [6.45, 7) is 9.09. The maximum absolute atomic E-state index is 10.9. The Morgan fingerprint density at radius 2 is 1.19 bits per heavy atom. The largest absolute Gasteiger partial charge is 0.295 e. The van der Waals surface area contributed by atoms with E-state index in [0.29, 0.717) is 0 Å². The van der Waals surface area contributed by atoms with Crippen LogP contribution in [0.4, 0.5) is 0 Å². The van der Waals surface area contributed by atoms with E-state index < -0.39 is 0 Å². The van der Waals surface area contributed by atoms with Crippen molar-refractivity contribution in [2.24, 2.45) is 0 Å². The number of aryl methyl sites for hydroxylation is 1. The first-order valence-electron chi connectivity index (χ1n) is 7.15. The Labute approximate surface area is 127 Å². The van der Waals surface area contributed by atoms with E-state index in [1.807, 2.05) is 75.4 Å². The summed E-state index contributed by atoms with van der Waals surface area (Å²) in [7, 11) is 0. The van der Waals surface area contributed by atoms with Gasteiger partial charge < -0.3 is 0 Å². The van der Waals surface area contributed by atoms with Crippen LogP contribution in [0.3, 0.4) is 0 Å². The molecule has 0 saturated heterocycles. The predicted octanol–water partition coefficient (Wildman–Crippen LogP) is 5.11. The Morgan fingerprint density at radius 3 is 1.52 bits per heavy atom. The summed E-state index contributed by atoms with van der Waals surface area (Å²) in [5, 5.41) is 0. The second-order valence-electron chi connectivity index (χ2n) is 4.29. The van der Waals surface area contributed by atoms with Crippen molar-refractivity contribution in [2.45, 2.75) is 34.6 Å². The highest BCUT2D eigenvalue weighted by Gasteiger charge is 1.99. The van der Waals surface area contributed by atoms with Crippen LogP contribution in [-0.4, -0.2) is 11.6 Å². The first-order valence-corrected chi connectivity index (χ1v) is 7.15. The highest BCUT2D eigenvalue weighted by Crippen LogP contribution is 2.06. The number of benzene rings is 2. The van der Waals surface area contributed by atoms with Crippen molar-refractivity contribution in [1.29, 1.82) is 0 Å². The molecule has 0 N–H and O–H groups in total. The summed E-state index contributed by atoms with van der Waals surface area (Å²) in [5.74, 6) is 0.258. The Hall–Kier alpha value is -2.22. The van der Waals surface area contributed by atoms with Crippen LogP contribution < -0.4 is 0 Å². The van der Waals surface area contributed by atoms with Gasteiger partial charge in [0.05, 0.1) is 0 Å². The number of ketones is 2. The molecule has 0 atom stereocenters. The van der Waals surface area contributed by atoms with Gasteiger partial charge in [0.25, 0.3) is 0 Å². The predicted molar refractivity (Wildman–Crippen MR) is 89.0 cm³/mol. The van der Waals surface area contributed by atoms with Gasteiger partial charge >= 0.3 is 0 Å². The lowest BCUT2D eigenvalue weighted by molar-refractivity contribution is 0.100. The minimum atomic E-state index is 0.121. The fourth-order valence-corrected chi connectivity index (χ4v) is 1.64. The molecule has 2 heteroatoms. The number of hydrogen-bond acceptors (Lipinski definition) is 2. The monoisotopic (exact) mass is 284 g/mol. The maximum atomic E-state index is 10.9. The number of carbonyl (C=O) groups is 2. The second-order valence-corrected chi connectivity index (χ2v) is 4.29. The minimum absolute atomic E-state index is 0.121. The molecule has 0 aliphatic rings. The van der Waals surface area contributed by atoms with Crippen LogP contribution in [0.2, 0.25) is 0 Å². The second kappa shape index (κ2) is 10.6. The number of Topliss-reactive ketones (excluding diaryl/α,β-unsaturated/α-hetero) is 2. The van der Waals surface area contributed by atoms with Crippen LogP contribution in [0.5, 0.6) is 0 Å². The van der Waals surface area contributed by atoms with Crippen molar-refractivity contribution in [3.05, 3.63) is 71.3 Å². The standard InChI is InChI=1S/C9H10O.C8H8O.C2H6/c1-7-5-3-4-6-9(7)8(2)10;1-7(9)8-5-3-2-4-6-8;1-2/h3-6H,1-2H3;2-6H,1H3;1-2H3. The summed E-state index contributed by atoms with van der Waals surface area (Å²) >= 11 is 0. The lowest BCUT2D eigenvalue weighted by Crippen LogP contribution is -1.93. The highest BCUT2D eigenvalue weighted by atomic mass is 16.1. The zero-order valence-electron chi connectivity index (χ0n) is 13.5. The molecule has 21 heavy (non-hydrogen) atoms. The molecule has 0 saturated carbocycles. The zero-order valence-corrected chi connectivity index (χ0v) is 13.5. The van der Waals surface area contributed by atoms with Crippen LogP contribution in [-0.2, 0) is 0 Å². The molecule has 0 unspecified atom stereocenters. The third-order valence-electron chi connectivity index (χ3n) is 2.70. The summed E-state index contributed by atoms with van der Waals surface area (Å²) in [6, 6.07) is 16.8. The van der Waals surface area contributed by atoms with Gasteiger partial charge in [-0.15, -0.1) is 0 Å². The van der Waals surface area contributed by atoms with E-state index in [4.69, 9.17) is 0 Å². The molecule has 0 spiro atoms. The molecule has 2 aromatic rings. The van der Waals surface area contributed by atoms with E-state index in [2.05, 4.69) is 0 Å². The quantitative estimate of drug-likeness (QED) is 0.718. The Bertz CT molecular complexity index is 557. The molecule has 112 valence electrons. The number of carbonyl (C=O) groups excluding carboxylic acids is 2. The molecule has 0 amide bonds. The van der Waals surface area contributed by atoms with Crippen LogP contribution in [0, 0.1) is 6.92 Å². The molecule has 0 aromatic heterocycles. The molecule has 2 aromatic carbocycles. The maximum Gasteiger partial charge on any atom is 0.160 e. The van der Waals surface area contributed by atoms with Crippen molar-refractivity contribution in [3.63, 3.8) is 0 Å². The normalized spacial score (nSPS) is 8.62. The first-order chi connectivity index (χ1) is 10.0. The van der Waals surface area contributed by atoms with E-state index in [1.54, 1.807) is 13.8 Å². The average molecular weight is 284 g/mol. The van der Waals surface area contributed by atoms with Gasteiger partial charge in [-0.1, -0.05) is 68.4 Å².